The van der Waals surface area contributed by atoms with Gasteiger partial charge in [0.05, 0.1) is 5.69 Å². The van der Waals surface area contributed by atoms with Crippen molar-refractivity contribution in [2.45, 2.75) is 6.18 Å². The third-order valence-corrected chi connectivity index (χ3v) is 3.66. The smallest absolute Gasteiger partial charge is 0.471 e. The lowest BCUT2D eigenvalue weighted by Crippen LogP contribution is -2.30. The van der Waals surface area contributed by atoms with Gasteiger partial charge in [-0.3, -0.25) is 4.79 Å². The van der Waals surface area contributed by atoms with Crippen LogP contribution in [0.3, 0.4) is 0 Å². The van der Waals surface area contributed by atoms with Crippen molar-refractivity contribution in [2.75, 3.05) is 5.32 Å². The molecule has 1 aromatic carbocycles. The highest BCUT2D eigenvalue weighted by molar-refractivity contribution is 7.18. The lowest BCUT2D eigenvalue weighted by molar-refractivity contribution is -0.167. The Morgan fingerprint density at radius 1 is 1.14 bits per heavy atom. The Morgan fingerprint density at radius 2 is 1.76 bits per heavy atom. The fourth-order valence-corrected chi connectivity index (χ4v) is 2.54. The number of rotatable bonds is 3. The normalized spacial score (nSPS) is 11.2. The molecule has 4 nitrogen and oxygen atoms in total. The van der Waals surface area contributed by atoms with Gasteiger partial charge in [-0.15, -0.1) is 11.3 Å². The third kappa shape index (κ3) is 3.40. The van der Waals surface area contributed by atoms with E-state index < -0.39 is 18.1 Å². The summed E-state index contributed by atoms with van der Waals surface area (Å²) in [5.74, 6) is -3.61. The van der Waals surface area contributed by atoms with Crippen LogP contribution in [0.2, 0.25) is 0 Å². The van der Waals surface area contributed by atoms with Crippen LogP contribution >= 0.6 is 11.3 Å². The molecule has 0 spiro atoms. The summed E-state index contributed by atoms with van der Waals surface area (Å²) in [4.78, 5) is 22.1. The number of nitrogens with one attached hydrogen (secondary N) is 1. The molecule has 2 aromatic rings. The topological polar surface area (TPSA) is 66.4 Å². The quantitative estimate of drug-likeness (QED) is 0.909. The van der Waals surface area contributed by atoms with Crippen LogP contribution in [-0.4, -0.2) is 23.2 Å². The summed E-state index contributed by atoms with van der Waals surface area (Å²) in [6.07, 6.45) is -5.08. The van der Waals surface area contributed by atoms with Gasteiger partial charge in [-0.05, 0) is 11.6 Å². The average Bonchev–Trinajstić information content (AvgIpc) is 2.83. The van der Waals surface area contributed by atoms with Crippen LogP contribution in [0.5, 0.6) is 0 Å². The summed E-state index contributed by atoms with van der Waals surface area (Å²) in [5.41, 5.74) is 0.284. The molecule has 1 aromatic heterocycles. The lowest BCUT2D eigenvalue weighted by atomic mass is 10.2. The highest BCUT2D eigenvalue weighted by Gasteiger charge is 2.39. The molecule has 1 amide bonds. The summed E-state index contributed by atoms with van der Waals surface area (Å²) in [6, 6.07) is 9.77. The van der Waals surface area contributed by atoms with Gasteiger partial charge in [0.15, 0.2) is 0 Å². The molecule has 0 fully saturated rings. The first-order valence-corrected chi connectivity index (χ1v) is 6.41. The fraction of sp³-hybridized carbons (Fsp3) is 0.0769. The van der Waals surface area contributed by atoms with Crippen molar-refractivity contribution < 1.29 is 27.9 Å². The molecular formula is C13H8F3NO3S. The highest BCUT2D eigenvalue weighted by atomic mass is 32.1. The summed E-state index contributed by atoms with van der Waals surface area (Å²) in [6.45, 7) is 0. The fourth-order valence-electron chi connectivity index (χ4n) is 1.58. The monoisotopic (exact) mass is 315 g/mol. The number of benzene rings is 1. The number of carbonyl (C=O) groups excluding carboxylic acids is 1. The second-order valence-corrected chi connectivity index (χ2v) is 5.03. The van der Waals surface area contributed by atoms with E-state index in [1.165, 1.54) is 6.07 Å². The van der Waals surface area contributed by atoms with Gasteiger partial charge in [-0.2, -0.15) is 13.2 Å². The van der Waals surface area contributed by atoms with E-state index in [1.54, 1.807) is 35.6 Å². The number of carboxylic acids is 1. The van der Waals surface area contributed by atoms with E-state index in [0.29, 0.717) is 10.4 Å². The lowest BCUT2D eigenvalue weighted by Gasteiger charge is -2.06. The first-order chi connectivity index (χ1) is 9.79. The maximum Gasteiger partial charge on any atom is 0.471 e. The zero-order valence-corrected chi connectivity index (χ0v) is 11.1. The van der Waals surface area contributed by atoms with Gasteiger partial charge in [0.2, 0.25) is 0 Å². The molecule has 0 bridgehead atoms. The van der Waals surface area contributed by atoms with Crippen LogP contribution in [-0.2, 0) is 4.79 Å². The van der Waals surface area contributed by atoms with Crippen LogP contribution in [0.4, 0.5) is 18.9 Å². The standard InChI is InChI=1S/C13H8F3NO3S/c14-13(15,16)12(20)17-8-6-9(21-10(8)11(18)19)7-4-2-1-3-5-7/h1-6H,(H,17,20)(H,18,19). The van der Waals surface area contributed by atoms with E-state index in [1.807, 2.05) is 0 Å². The van der Waals surface area contributed by atoms with E-state index in [4.69, 9.17) is 5.11 Å². The number of anilines is 1. The second-order valence-electron chi connectivity index (χ2n) is 3.98. The second kappa shape index (κ2) is 5.57. The number of carboxylic acid groups (broad SMARTS) is 1. The van der Waals surface area contributed by atoms with Gasteiger partial charge in [-0.1, -0.05) is 30.3 Å². The minimum absolute atomic E-state index is 0.355. The Labute approximate surface area is 120 Å². The van der Waals surface area contributed by atoms with Gasteiger partial charge >= 0.3 is 18.1 Å². The third-order valence-electron chi connectivity index (χ3n) is 2.49. The summed E-state index contributed by atoms with van der Waals surface area (Å²) in [7, 11) is 0. The maximum atomic E-state index is 12.2. The predicted octanol–water partition coefficient (Wildman–Crippen LogP) is 3.61. The van der Waals surface area contributed by atoms with E-state index in [-0.39, 0.29) is 10.6 Å². The molecule has 0 aliphatic rings. The molecule has 0 saturated carbocycles. The highest BCUT2D eigenvalue weighted by Crippen LogP contribution is 2.35. The maximum absolute atomic E-state index is 12.2. The number of amides is 1. The molecule has 0 aliphatic carbocycles. The van der Waals surface area contributed by atoms with Crippen LogP contribution in [0.1, 0.15) is 9.67 Å². The summed E-state index contributed by atoms with van der Waals surface area (Å²) in [5, 5.41) is 10.6. The average molecular weight is 315 g/mol. The van der Waals surface area contributed by atoms with E-state index in [9.17, 15) is 22.8 Å². The zero-order chi connectivity index (χ0) is 15.6. The number of carbonyl (C=O) groups is 2. The molecule has 0 aliphatic heterocycles. The van der Waals surface area contributed by atoms with Crippen LogP contribution in [0.25, 0.3) is 10.4 Å². The van der Waals surface area contributed by atoms with Crippen LogP contribution < -0.4 is 5.32 Å². The van der Waals surface area contributed by atoms with Crippen molar-refractivity contribution >= 4 is 28.9 Å². The van der Waals surface area contributed by atoms with Crippen LogP contribution in [0, 0.1) is 0 Å². The Hall–Kier alpha value is -2.35. The van der Waals surface area contributed by atoms with Gasteiger partial charge in [0.1, 0.15) is 4.88 Å². The number of thiophene rings is 1. The molecule has 0 radical (unpaired) electrons. The molecule has 21 heavy (non-hydrogen) atoms. The molecule has 2 rings (SSSR count). The summed E-state index contributed by atoms with van der Waals surface area (Å²) < 4.78 is 36.7. The molecule has 1 heterocycles. The van der Waals surface area contributed by atoms with Crippen molar-refractivity contribution in [1.82, 2.24) is 0 Å². The SMILES string of the molecule is O=C(O)c1sc(-c2ccccc2)cc1NC(=O)C(F)(F)F. The number of aromatic carboxylic acids is 1. The first-order valence-electron chi connectivity index (χ1n) is 5.60. The minimum Gasteiger partial charge on any atom is -0.477 e. The number of hydrogen-bond donors (Lipinski definition) is 2. The molecule has 110 valence electrons. The first kappa shape index (κ1) is 15.0. The molecule has 0 unspecified atom stereocenters. The Morgan fingerprint density at radius 3 is 2.29 bits per heavy atom. The van der Waals surface area contributed by atoms with E-state index >= 15 is 0 Å². The van der Waals surface area contributed by atoms with Crippen molar-refractivity contribution in [3.05, 3.63) is 41.3 Å². The predicted molar refractivity (Wildman–Crippen MR) is 71.4 cm³/mol. The molecular weight excluding hydrogens is 307 g/mol. The number of hydrogen-bond acceptors (Lipinski definition) is 3. The van der Waals surface area contributed by atoms with E-state index in [0.717, 1.165) is 11.3 Å². The Kier molecular flexibility index (Phi) is 3.99. The van der Waals surface area contributed by atoms with Gasteiger partial charge in [0.25, 0.3) is 0 Å². The van der Waals surface area contributed by atoms with Crippen molar-refractivity contribution in [3.8, 4) is 10.4 Å². The Balaban J connectivity index is 2.39. The number of alkyl halides is 3. The van der Waals surface area contributed by atoms with Gasteiger partial charge in [-0.25, -0.2) is 4.79 Å². The van der Waals surface area contributed by atoms with Crippen molar-refractivity contribution in [1.29, 1.82) is 0 Å². The molecule has 0 saturated heterocycles. The molecule has 0 atom stereocenters. The van der Waals surface area contributed by atoms with Gasteiger partial charge < -0.3 is 10.4 Å². The van der Waals surface area contributed by atoms with Crippen LogP contribution in [0.15, 0.2) is 36.4 Å². The molecule has 2 N–H and O–H groups in total. The largest absolute Gasteiger partial charge is 0.477 e. The van der Waals surface area contributed by atoms with Gasteiger partial charge in [0, 0.05) is 4.88 Å². The minimum atomic E-state index is -5.08. The Bertz CT molecular complexity index is 680. The van der Waals surface area contributed by atoms with Crippen molar-refractivity contribution in [2.24, 2.45) is 0 Å². The molecule has 8 heteroatoms. The van der Waals surface area contributed by atoms with Crippen molar-refractivity contribution in [3.63, 3.8) is 0 Å². The number of halogens is 3. The zero-order valence-electron chi connectivity index (χ0n) is 10.3. The summed E-state index contributed by atoms with van der Waals surface area (Å²) >= 11 is 0.792. The van der Waals surface area contributed by atoms with E-state index in [2.05, 4.69) is 0 Å².